The molecule has 0 aromatic rings. The first-order valence-electron chi connectivity index (χ1n) is 4.21. The van der Waals surface area contributed by atoms with Gasteiger partial charge in [-0.2, -0.15) is 0 Å². The highest BCUT2D eigenvalue weighted by molar-refractivity contribution is 14.1. The number of ketones is 1. The van der Waals surface area contributed by atoms with Gasteiger partial charge in [-0.15, -0.1) is 0 Å². The van der Waals surface area contributed by atoms with Crippen molar-refractivity contribution < 1.29 is 14.7 Å². The summed E-state index contributed by atoms with van der Waals surface area (Å²) in [5.74, 6) is 0.268. The molecule has 0 aliphatic heterocycles. The molecule has 0 aliphatic carbocycles. The fraction of sp³-hybridized carbons (Fsp3) is 0.750. The number of nitrogens with one attached hydrogen (secondary N) is 1. The number of Topliss-reactive ketones (excluding diaryl/α,β-unsaturated/α-hetero) is 1. The van der Waals surface area contributed by atoms with Gasteiger partial charge < -0.3 is 10.4 Å². The molecule has 0 fully saturated rings. The molecule has 0 bridgehead atoms. The number of carbonyl (C=O) groups excluding carboxylic acids is 1. The Bertz CT molecular complexity index is 173. The number of carboxylic acid groups (broad SMARTS) is 1. The Kier molecular flexibility index (Phi) is 8.07. The van der Waals surface area contributed by atoms with Crippen LogP contribution in [0, 0.1) is 0 Å². The summed E-state index contributed by atoms with van der Waals surface area (Å²) in [4.78, 5) is 21.0. The standard InChI is InChI=1S/C8H14INO3/c9-5-4-7(11)3-1-2-6-10-8(12)13/h10H,1-6H2,(H,12,13). The van der Waals surface area contributed by atoms with Gasteiger partial charge in [0.05, 0.1) is 0 Å². The van der Waals surface area contributed by atoms with Crippen LogP contribution in [0.4, 0.5) is 4.79 Å². The molecule has 0 unspecified atom stereocenters. The third-order valence-electron chi connectivity index (χ3n) is 1.53. The van der Waals surface area contributed by atoms with Crippen LogP contribution >= 0.6 is 22.6 Å². The number of alkyl halides is 1. The zero-order valence-electron chi connectivity index (χ0n) is 7.38. The van der Waals surface area contributed by atoms with Crippen molar-refractivity contribution >= 4 is 34.5 Å². The van der Waals surface area contributed by atoms with Crippen molar-refractivity contribution in [3.8, 4) is 0 Å². The highest BCUT2D eigenvalue weighted by atomic mass is 127. The molecule has 76 valence electrons. The van der Waals surface area contributed by atoms with Crippen LogP contribution in [0.3, 0.4) is 0 Å². The molecule has 4 nitrogen and oxygen atoms in total. The summed E-state index contributed by atoms with van der Waals surface area (Å²) in [6.07, 6.45) is 1.71. The van der Waals surface area contributed by atoms with Gasteiger partial charge in [0.1, 0.15) is 5.78 Å². The first-order valence-corrected chi connectivity index (χ1v) is 5.74. The SMILES string of the molecule is O=C(CCI)CCCCNC(=O)O. The zero-order chi connectivity index (χ0) is 10.1. The van der Waals surface area contributed by atoms with Gasteiger partial charge in [-0.1, -0.05) is 22.6 Å². The number of halogens is 1. The third-order valence-corrected chi connectivity index (χ3v) is 2.07. The van der Waals surface area contributed by atoms with Gasteiger partial charge in [0.15, 0.2) is 0 Å². The van der Waals surface area contributed by atoms with Crippen molar-refractivity contribution in [3.05, 3.63) is 0 Å². The van der Waals surface area contributed by atoms with Gasteiger partial charge in [0.25, 0.3) is 0 Å². The number of unbranched alkanes of at least 4 members (excludes halogenated alkanes) is 1. The van der Waals surface area contributed by atoms with E-state index in [4.69, 9.17) is 5.11 Å². The van der Waals surface area contributed by atoms with E-state index in [0.717, 1.165) is 17.3 Å². The van der Waals surface area contributed by atoms with Crippen molar-refractivity contribution in [1.82, 2.24) is 5.32 Å². The average molecular weight is 299 g/mol. The zero-order valence-corrected chi connectivity index (χ0v) is 9.54. The third kappa shape index (κ3) is 9.59. The maximum Gasteiger partial charge on any atom is 0.404 e. The fourth-order valence-corrected chi connectivity index (χ4v) is 1.47. The van der Waals surface area contributed by atoms with E-state index in [9.17, 15) is 9.59 Å². The predicted octanol–water partition coefficient (Wildman–Crippen LogP) is 1.82. The molecule has 0 radical (unpaired) electrons. The maximum absolute atomic E-state index is 11.0. The quantitative estimate of drug-likeness (QED) is 0.428. The van der Waals surface area contributed by atoms with Crippen LogP contribution in [-0.2, 0) is 4.79 Å². The fourth-order valence-electron chi connectivity index (χ4n) is 0.873. The van der Waals surface area contributed by atoms with Crippen LogP contribution in [-0.4, -0.2) is 28.0 Å². The smallest absolute Gasteiger partial charge is 0.404 e. The minimum atomic E-state index is -1.00. The molecule has 13 heavy (non-hydrogen) atoms. The monoisotopic (exact) mass is 299 g/mol. The maximum atomic E-state index is 11.0. The summed E-state index contributed by atoms with van der Waals surface area (Å²) in [6.45, 7) is 0.437. The molecule has 0 aromatic carbocycles. The van der Waals surface area contributed by atoms with Gasteiger partial charge in [-0.25, -0.2) is 4.79 Å². The highest BCUT2D eigenvalue weighted by Crippen LogP contribution is 2.00. The van der Waals surface area contributed by atoms with Crippen molar-refractivity contribution in [3.63, 3.8) is 0 Å². The van der Waals surface area contributed by atoms with Gasteiger partial charge in [-0.05, 0) is 12.8 Å². The molecule has 0 saturated carbocycles. The number of hydrogen-bond acceptors (Lipinski definition) is 2. The lowest BCUT2D eigenvalue weighted by Gasteiger charge is -2.00. The molecule has 0 atom stereocenters. The van der Waals surface area contributed by atoms with E-state index in [2.05, 4.69) is 27.9 Å². The summed E-state index contributed by atoms with van der Waals surface area (Å²) in [6, 6.07) is 0. The van der Waals surface area contributed by atoms with Crippen LogP contribution in [0.2, 0.25) is 0 Å². The molecule has 0 saturated heterocycles. The second kappa shape index (κ2) is 8.28. The van der Waals surface area contributed by atoms with E-state index in [1.165, 1.54) is 0 Å². The number of hydrogen-bond donors (Lipinski definition) is 2. The number of amides is 1. The van der Waals surface area contributed by atoms with Crippen molar-refractivity contribution in [1.29, 1.82) is 0 Å². The summed E-state index contributed by atoms with van der Waals surface area (Å²) in [5, 5.41) is 10.5. The lowest BCUT2D eigenvalue weighted by atomic mass is 10.1. The Morgan fingerprint density at radius 3 is 2.46 bits per heavy atom. The molecule has 1 amide bonds. The van der Waals surface area contributed by atoms with Gasteiger partial charge in [0, 0.05) is 23.8 Å². The summed E-state index contributed by atoms with van der Waals surface area (Å²) in [7, 11) is 0. The average Bonchev–Trinajstić information content (AvgIpc) is 2.03. The Balaban J connectivity index is 3.16. The Morgan fingerprint density at radius 2 is 1.92 bits per heavy atom. The Morgan fingerprint density at radius 1 is 1.23 bits per heavy atom. The second-order valence-electron chi connectivity index (χ2n) is 2.67. The van der Waals surface area contributed by atoms with E-state index in [0.29, 0.717) is 19.4 Å². The van der Waals surface area contributed by atoms with E-state index in [1.54, 1.807) is 0 Å². The van der Waals surface area contributed by atoms with E-state index in [1.807, 2.05) is 0 Å². The van der Waals surface area contributed by atoms with Crippen molar-refractivity contribution in [2.24, 2.45) is 0 Å². The van der Waals surface area contributed by atoms with Crippen molar-refractivity contribution in [2.45, 2.75) is 25.7 Å². The van der Waals surface area contributed by atoms with E-state index < -0.39 is 6.09 Å². The molecule has 0 aromatic heterocycles. The van der Waals surface area contributed by atoms with Crippen LogP contribution in [0.15, 0.2) is 0 Å². The lowest BCUT2D eigenvalue weighted by molar-refractivity contribution is -0.118. The highest BCUT2D eigenvalue weighted by Gasteiger charge is 2.00. The first kappa shape index (κ1) is 12.7. The minimum Gasteiger partial charge on any atom is -0.465 e. The van der Waals surface area contributed by atoms with Gasteiger partial charge >= 0.3 is 6.09 Å². The normalized spacial score (nSPS) is 9.62. The first-order chi connectivity index (χ1) is 6.16. The van der Waals surface area contributed by atoms with Gasteiger partial charge in [0.2, 0.25) is 0 Å². The number of carbonyl (C=O) groups is 2. The van der Waals surface area contributed by atoms with E-state index >= 15 is 0 Å². The Labute approximate surface area is 91.2 Å². The van der Waals surface area contributed by atoms with Crippen LogP contribution < -0.4 is 5.32 Å². The molecule has 0 rings (SSSR count). The van der Waals surface area contributed by atoms with Crippen molar-refractivity contribution in [2.75, 3.05) is 11.0 Å². The summed E-state index contributed by atoms with van der Waals surface area (Å²) >= 11 is 2.17. The molecule has 0 heterocycles. The molecule has 0 spiro atoms. The van der Waals surface area contributed by atoms with Crippen LogP contribution in [0.1, 0.15) is 25.7 Å². The molecule has 2 N–H and O–H groups in total. The summed E-state index contributed by atoms with van der Waals surface area (Å²) < 4.78 is 0.865. The topological polar surface area (TPSA) is 66.4 Å². The summed E-state index contributed by atoms with van der Waals surface area (Å²) in [5.41, 5.74) is 0. The molecular weight excluding hydrogens is 285 g/mol. The minimum absolute atomic E-state index is 0.268. The number of rotatable bonds is 7. The lowest BCUT2D eigenvalue weighted by Crippen LogP contribution is -2.21. The Hall–Kier alpha value is -0.330. The van der Waals surface area contributed by atoms with Gasteiger partial charge in [-0.3, -0.25) is 4.79 Å². The molecular formula is C8H14INO3. The van der Waals surface area contributed by atoms with E-state index in [-0.39, 0.29) is 5.78 Å². The van der Waals surface area contributed by atoms with Crippen LogP contribution in [0.5, 0.6) is 0 Å². The molecule has 0 aliphatic rings. The molecule has 5 heteroatoms. The largest absolute Gasteiger partial charge is 0.465 e. The second-order valence-corrected chi connectivity index (χ2v) is 3.75. The predicted molar refractivity (Wildman–Crippen MR) is 58.4 cm³/mol. The van der Waals surface area contributed by atoms with Crippen LogP contribution in [0.25, 0.3) is 0 Å².